The second kappa shape index (κ2) is 10.7. The number of hydrogen-bond acceptors (Lipinski definition) is 5. The normalized spacial score (nSPS) is 15.7. The minimum atomic E-state index is -4.07. The number of hydrogen-bond donors (Lipinski definition) is 2. The van der Waals surface area contributed by atoms with Gasteiger partial charge in [0, 0.05) is 30.9 Å². The van der Waals surface area contributed by atoms with Crippen molar-refractivity contribution < 1.29 is 25.6 Å². The molecule has 3 heterocycles. The van der Waals surface area contributed by atoms with E-state index < -0.39 is 26.5 Å². The van der Waals surface area contributed by atoms with Crippen LogP contribution in [0.1, 0.15) is 36.4 Å². The Bertz CT molecular complexity index is 1740. The van der Waals surface area contributed by atoms with E-state index in [0.29, 0.717) is 39.4 Å². The molecule has 14 heteroatoms. The quantitative estimate of drug-likeness (QED) is 0.258. The minimum Gasteiger partial charge on any atom is -0.358 e. The van der Waals surface area contributed by atoms with E-state index in [1.54, 1.807) is 6.07 Å². The summed E-state index contributed by atoms with van der Waals surface area (Å²) in [6.45, 7) is 0.401. The van der Waals surface area contributed by atoms with Crippen LogP contribution in [-0.4, -0.2) is 44.2 Å². The van der Waals surface area contributed by atoms with Gasteiger partial charge < -0.3 is 4.98 Å². The van der Waals surface area contributed by atoms with Crippen LogP contribution in [0.2, 0.25) is 10.0 Å². The second-order valence-electron chi connectivity index (χ2n) is 9.05. The number of rotatable bonds is 7. The van der Waals surface area contributed by atoms with E-state index in [1.165, 1.54) is 59.2 Å². The molecule has 0 spiro atoms. The summed E-state index contributed by atoms with van der Waals surface area (Å²) in [5.41, 5.74) is 1.05. The molecule has 1 aliphatic rings. The Morgan fingerprint density at radius 2 is 1.62 bits per heavy atom. The van der Waals surface area contributed by atoms with Crippen molar-refractivity contribution in [2.45, 2.75) is 35.0 Å². The molecule has 8 nitrogen and oxygen atoms in total. The molecule has 39 heavy (non-hydrogen) atoms. The number of alkyl halides is 2. The topological polar surface area (TPSA) is 112 Å². The highest BCUT2D eigenvalue weighted by Crippen LogP contribution is 2.36. The van der Waals surface area contributed by atoms with E-state index in [-0.39, 0.29) is 40.2 Å². The highest BCUT2D eigenvalue weighted by atomic mass is 35.5. The van der Waals surface area contributed by atoms with Crippen LogP contribution in [0, 0.1) is 0 Å². The molecule has 0 aliphatic carbocycles. The molecule has 1 aliphatic heterocycles. The lowest BCUT2D eigenvalue weighted by atomic mass is 9.90. The van der Waals surface area contributed by atoms with Gasteiger partial charge in [-0.3, -0.25) is 9.71 Å². The summed E-state index contributed by atoms with van der Waals surface area (Å²) in [6, 6.07) is 11.0. The van der Waals surface area contributed by atoms with Gasteiger partial charge in [-0.25, -0.2) is 25.6 Å². The number of sulfonamides is 2. The molecule has 2 N–H and O–H groups in total. The molecule has 0 saturated carbocycles. The largest absolute Gasteiger partial charge is 0.358 e. The zero-order valence-corrected chi connectivity index (χ0v) is 23.3. The molecule has 5 rings (SSSR count). The molecule has 4 aromatic rings. The van der Waals surface area contributed by atoms with Gasteiger partial charge >= 0.3 is 0 Å². The lowest BCUT2D eigenvalue weighted by molar-refractivity contribution is 0.146. The second-order valence-corrected chi connectivity index (χ2v) is 13.5. The fourth-order valence-electron chi connectivity index (χ4n) is 4.67. The molecule has 0 amide bonds. The standard InChI is InChI=1S/C25H22Cl2F2N4O4S2/c26-19-5-6-21(24-23(19)20(27)14-31-24)32-38(34,35)17-1-3-18(4-2-17)39(36,37)33-11-8-15(9-12-33)16-7-10-30-22(13-16)25(28)29/h1-7,10,13-15,25,31-32H,8-9,11-12H2. The van der Waals surface area contributed by atoms with Gasteiger partial charge in [-0.2, -0.15) is 4.31 Å². The summed E-state index contributed by atoms with van der Waals surface area (Å²) < 4.78 is 82.3. The molecule has 2 aromatic heterocycles. The number of aromatic amines is 1. The molecule has 0 radical (unpaired) electrons. The Morgan fingerprint density at radius 3 is 2.28 bits per heavy atom. The van der Waals surface area contributed by atoms with E-state index in [2.05, 4.69) is 14.7 Å². The van der Waals surface area contributed by atoms with Gasteiger partial charge in [0.15, 0.2) is 0 Å². The lowest BCUT2D eigenvalue weighted by Crippen LogP contribution is -2.37. The predicted molar refractivity (Wildman–Crippen MR) is 145 cm³/mol. The van der Waals surface area contributed by atoms with Crippen LogP contribution in [0.4, 0.5) is 14.5 Å². The molecule has 2 aromatic carbocycles. The van der Waals surface area contributed by atoms with Crippen LogP contribution in [-0.2, 0) is 20.0 Å². The first-order valence-corrected chi connectivity index (χ1v) is 15.5. The zero-order chi connectivity index (χ0) is 27.9. The SMILES string of the molecule is O=S(=O)(Nc1ccc(Cl)c2c(Cl)c[nH]c12)c1ccc(S(=O)(=O)N2CCC(c3ccnc(C(F)F)c3)CC2)cc1. The molecular formula is C25H22Cl2F2N4O4S2. The maximum Gasteiger partial charge on any atom is 0.280 e. The maximum atomic E-state index is 13.2. The van der Waals surface area contributed by atoms with Crippen molar-refractivity contribution in [1.82, 2.24) is 14.3 Å². The number of halogens is 4. The molecule has 1 saturated heterocycles. The van der Waals surface area contributed by atoms with Crippen molar-refractivity contribution in [3.05, 3.63) is 82.2 Å². The molecular weight excluding hydrogens is 593 g/mol. The number of anilines is 1. The van der Waals surface area contributed by atoms with Crippen LogP contribution < -0.4 is 4.72 Å². The lowest BCUT2D eigenvalue weighted by Gasteiger charge is -2.31. The summed E-state index contributed by atoms with van der Waals surface area (Å²) in [5, 5.41) is 1.17. The van der Waals surface area contributed by atoms with Crippen molar-refractivity contribution in [2.75, 3.05) is 17.8 Å². The Balaban J connectivity index is 1.30. The van der Waals surface area contributed by atoms with Crippen LogP contribution in [0.3, 0.4) is 0 Å². The number of aromatic nitrogens is 2. The van der Waals surface area contributed by atoms with E-state index in [4.69, 9.17) is 23.2 Å². The Kier molecular flexibility index (Phi) is 7.59. The van der Waals surface area contributed by atoms with Crippen LogP contribution in [0.25, 0.3) is 10.9 Å². The number of nitrogens with one attached hydrogen (secondary N) is 2. The van der Waals surface area contributed by atoms with Gasteiger partial charge in [-0.1, -0.05) is 23.2 Å². The van der Waals surface area contributed by atoms with Crippen LogP contribution in [0.5, 0.6) is 0 Å². The zero-order valence-electron chi connectivity index (χ0n) is 20.1. The van der Waals surface area contributed by atoms with Gasteiger partial charge in [-0.15, -0.1) is 0 Å². The van der Waals surface area contributed by atoms with E-state index >= 15 is 0 Å². The van der Waals surface area contributed by atoms with Crippen LogP contribution in [0.15, 0.2) is 70.7 Å². The average molecular weight is 616 g/mol. The smallest absolute Gasteiger partial charge is 0.280 e. The number of benzene rings is 2. The van der Waals surface area contributed by atoms with Gasteiger partial charge in [0.1, 0.15) is 5.69 Å². The summed E-state index contributed by atoms with van der Waals surface area (Å²) in [5.74, 6) is -0.0653. The fraction of sp³-hybridized carbons (Fsp3) is 0.240. The third-order valence-electron chi connectivity index (χ3n) is 6.71. The Morgan fingerprint density at radius 1 is 0.949 bits per heavy atom. The van der Waals surface area contributed by atoms with Gasteiger partial charge in [-0.05, 0) is 72.9 Å². The fourth-order valence-corrected chi connectivity index (χ4v) is 7.77. The van der Waals surface area contributed by atoms with Gasteiger partial charge in [0.25, 0.3) is 16.4 Å². The third kappa shape index (κ3) is 5.48. The number of H-pyrrole nitrogens is 1. The highest BCUT2D eigenvalue weighted by molar-refractivity contribution is 7.92. The Hall–Kier alpha value is -2.77. The first-order valence-electron chi connectivity index (χ1n) is 11.8. The van der Waals surface area contributed by atoms with Crippen molar-refractivity contribution in [3.8, 4) is 0 Å². The first kappa shape index (κ1) is 27.8. The number of nitrogens with zero attached hydrogens (tertiary/aromatic N) is 2. The van der Waals surface area contributed by atoms with E-state index in [9.17, 15) is 25.6 Å². The summed E-state index contributed by atoms with van der Waals surface area (Å²) in [7, 11) is -7.96. The van der Waals surface area contributed by atoms with E-state index in [1.807, 2.05) is 0 Å². The monoisotopic (exact) mass is 614 g/mol. The molecule has 0 atom stereocenters. The Labute approximate surface area is 234 Å². The van der Waals surface area contributed by atoms with Crippen molar-refractivity contribution in [3.63, 3.8) is 0 Å². The van der Waals surface area contributed by atoms with Crippen LogP contribution >= 0.6 is 23.2 Å². The summed E-state index contributed by atoms with van der Waals surface area (Å²) in [4.78, 5) is 6.39. The average Bonchev–Trinajstić information content (AvgIpc) is 3.33. The van der Waals surface area contributed by atoms with Gasteiger partial charge in [0.2, 0.25) is 10.0 Å². The number of pyridine rings is 1. The third-order valence-corrected chi connectivity index (χ3v) is 10.6. The van der Waals surface area contributed by atoms with E-state index in [0.717, 1.165) is 0 Å². The van der Waals surface area contributed by atoms with Crippen molar-refractivity contribution in [2.24, 2.45) is 0 Å². The predicted octanol–water partition coefficient (Wildman–Crippen LogP) is 6.18. The molecule has 0 bridgehead atoms. The van der Waals surface area contributed by atoms with Gasteiger partial charge in [0.05, 0.1) is 31.0 Å². The summed E-state index contributed by atoms with van der Waals surface area (Å²) >= 11 is 12.3. The summed E-state index contributed by atoms with van der Waals surface area (Å²) in [6.07, 6.45) is 1.08. The molecule has 1 fully saturated rings. The number of fused-ring (bicyclic) bond motifs is 1. The molecule has 0 unspecified atom stereocenters. The maximum absolute atomic E-state index is 13.2. The van der Waals surface area contributed by atoms with Crippen molar-refractivity contribution in [1.29, 1.82) is 0 Å². The minimum absolute atomic E-state index is 0.0474. The number of piperidine rings is 1. The first-order chi connectivity index (χ1) is 18.5. The highest BCUT2D eigenvalue weighted by Gasteiger charge is 2.31. The molecule has 206 valence electrons. The van der Waals surface area contributed by atoms with Crippen molar-refractivity contribution >= 4 is 59.8 Å².